The van der Waals surface area contributed by atoms with Crippen molar-refractivity contribution in [3.05, 3.63) is 69.8 Å². The first-order valence-electron chi connectivity index (χ1n) is 11.1. The Balaban J connectivity index is 2.44. The number of carbonyl (C=O) groups is 5. The van der Waals surface area contributed by atoms with Crippen LogP contribution in [0.25, 0.3) is 0 Å². The zero-order chi connectivity index (χ0) is 27.4. The van der Waals surface area contributed by atoms with Crippen LogP contribution in [0.1, 0.15) is 113 Å². The molecule has 0 heterocycles. The van der Waals surface area contributed by atoms with Crippen LogP contribution in [0, 0.1) is 0 Å². The lowest BCUT2D eigenvalue weighted by Gasteiger charge is -2.17. The largest absolute Gasteiger partial charge is 0.373 e. The van der Waals surface area contributed by atoms with Crippen LogP contribution in [0.3, 0.4) is 0 Å². The highest BCUT2D eigenvalue weighted by molar-refractivity contribution is 6.14. The Morgan fingerprint density at radius 2 is 0.944 bits per heavy atom. The van der Waals surface area contributed by atoms with Gasteiger partial charge in [0.2, 0.25) is 0 Å². The van der Waals surface area contributed by atoms with Gasteiger partial charge in [-0.25, -0.2) is 9.59 Å². The van der Waals surface area contributed by atoms with Crippen LogP contribution in [-0.2, 0) is 19.6 Å². The maximum Gasteiger partial charge on any atom is 0.373 e. The van der Waals surface area contributed by atoms with Crippen LogP contribution in [0.15, 0.2) is 36.4 Å². The Morgan fingerprint density at radius 3 is 1.36 bits per heavy atom. The maximum absolute atomic E-state index is 13.2. The molecule has 0 amide bonds. The zero-order valence-corrected chi connectivity index (χ0v) is 21.6. The van der Waals surface area contributed by atoms with E-state index < -0.39 is 40.5 Å². The molecule has 0 saturated heterocycles. The molecule has 36 heavy (non-hydrogen) atoms. The lowest BCUT2D eigenvalue weighted by atomic mass is 9.94. The first-order valence-corrected chi connectivity index (χ1v) is 11.1. The lowest BCUT2D eigenvalue weighted by Crippen LogP contribution is -2.23. The quantitative estimate of drug-likeness (QED) is 0.278. The van der Waals surface area contributed by atoms with Crippen LogP contribution >= 0.6 is 0 Å². The van der Waals surface area contributed by atoms with Crippen molar-refractivity contribution in [3.8, 4) is 0 Å². The van der Waals surface area contributed by atoms with Gasteiger partial charge in [0.1, 0.15) is 11.2 Å². The van der Waals surface area contributed by atoms with Gasteiger partial charge in [-0.3, -0.25) is 24.2 Å². The molecule has 0 N–H and O–H groups in total. The van der Waals surface area contributed by atoms with Gasteiger partial charge in [0.15, 0.2) is 17.3 Å². The van der Waals surface area contributed by atoms with Gasteiger partial charge in [-0.2, -0.15) is 9.78 Å². The minimum atomic E-state index is -0.939. The van der Waals surface area contributed by atoms with Crippen molar-refractivity contribution in [2.24, 2.45) is 0 Å². The number of hydrogen-bond acceptors (Lipinski definition) is 9. The molecule has 0 fully saturated rings. The summed E-state index contributed by atoms with van der Waals surface area (Å²) < 4.78 is 0. The van der Waals surface area contributed by atoms with Crippen molar-refractivity contribution in [3.63, 3.8) is 0 Å². The van der Waals surface area contributed by atoms with Gasteiger partial charge < -0.3 is 0 Å². The summed E-state index contributed by atoms with van der Waals surface area (Å²) in [5.74, 6) is -3.25. The second-order valence-corrected chi connectivity index (χ2v) is 10.1. The second kappa shape index (κ2) is 10.9. The van der Waals surface area contributed by atoms with E-state index in [9.17, 15) is 24.0 Å². The summed E-state index contributed by atoms with van der Waals surface area (Å²) in [6.45, 7) is 12.6. The summed E-state index contributed by atoms with van der Waals surface area (Å²) in [5, 5.41) is 0. The smallest absolute Gasteiger partial charge is 0.294 e. The highest BCUT2D eigenvalue weighted by Crippen LogP contribution is 2.22. The maximum atomic E-state index is 13.2. The Bertz CT molecular complexity index is 1210. The summed E-state index contributed by atoms with van der Waals surface area (Å²) in [7, 11) is 0. The van der Waals surface area contributed by atoms with Crippen molar-refractivity contribution >= 4 is 29.3 Å². The van der Waals surface area contributed by atoms with E-state index in [4.69, 9.17) is 19.6 Å². The molecule has 0 aliphatic carbocycles. The Kier molecular flexibility index (Phi) is 8.66. The van der Waals surface area contributed by atoms with Gasteiger partial charge in [-0.1, -0.05) is 12.1 Å². The summed E-state index contributed by atoms with van der Waals surface area (Å²) in [5.41, 5.74) is -1.62. The van der Waals surface area contributed by atoms with Crippen LogP contribution in [0.2, 0.25) is 0 Å². The number of benzene rings is 2. The SMILES string of the molecule is CC(=O)c1cc(C(=O)c2ccc(C(C)=O)c(C(=O)OOC(C)(C)C)c2)ccc1C(=O)OOC(C)(C)C. The average molecular weight is 499 g/mol. The van der Waals surface area contributed by atoms with Crippen molar-refractivity contribution in [2.45, 2.75) is 66.6 Å². The van der Waals surface area contributed by atoms with E-state index in [0.717, 1.165) is 0 Å². The third-order valence-electron chi connectivity index (χ3n) is 4.50. The number of carbonyl (C=O) groups excluding carboxylic acids is 5. The van der Waals surface area contributed by atoms with Crippen molar-refractivity contribution in [2.75, 3.05) is 0 Å². The van der Waals surface area contributed by atoms with E-state index in [1.54, 1.807) is 41.5 Å². The molecular formula is C27H30O9. The van der Waals surface area contributed by atoms with E-state index >= 15 is 0 Å². The van der Waals surface area contributed by atoms with Gasteiger partial charge >= 0.3 is 11.9 Å². The fourth-order valence-electron chi connectivity index (χ4n) is 2.90. The van der Waals surface area contributed by atoms with Crippen molar-refractivity contribution < 1.29 is 43.5 Å². The van der Waals surface area contributed by atoms with Gasteiger partial charge in [-0.15, -0.1) is 0 Å². The van der Waals surface area contributed by atoms with Crippen LogP contribution in [0.4, 0.5) is 0 Å². The standard InChI is InChI=1S/C27H30O9/c1-15(28)19-11-9-18(14-22(19)25(32)34-36-27(6,7)8)23(30)17-10-12-20(21(13-17)16(2)29)24(31)33-35-26(3,4)5/h9-14H,1-8H3. The molecule has 0 saturated carbocycles. The Morgan fingerprint density at radius 1 is 0.556 bits per heavy atom. The molecule has 0 spiro atoms. The fraction of sp³-hybridized carbons (Fsp3) is 0.370. The molecule has 0 radical (unpaired) electrons. The number of Topliss-reactive ketones (excluding diaryl/α,β-unsaturated/α-hetero) is 2. The van der Waals surface area contributed by atoms with E-state index in [0.29, 0.717) is 0 Å². The molecule has 0 unspecified atom stereocenters. The van der Waals surface area contributed by atoms with E-state index in [-0.39, 0.29) is 33.4 Å². The van der Waals surface area contributed by atoms with E-state index in [1.165, 1.54) is 50.2 Å². The van der Waals surface area contributed by atoms with Crippen molar-refractivity contribution in [1.82, 2.24) is 0 Å². The molecule has 2 aromatic rings. The molecule has 9 heteroatoms. The third-order valence-corrected chi connectivity index (χ3v) is 4.50. The highest BCUT2D eigenvalue weighted by atomic mass is 17.2. The summed E-state index contributed by atoms with van der Waals surface area (Å²) in [6.07, 6.45) is 0. The minimum absolute atomic E-state index is 0.0399. The number of ketones is 3. The topological polar surface area (TPSA) is 122 Å². The molecule has 0 aliphatic heterocycles. The summed E-state index contributed by atoms with van der Waals surface area (Å²) in [4.78, 5) is 82.3. The summed E-state index contributed by atoms with van der Waals surface area (Å²) in [6, 6.07) is 7.84. The van der Waals surface area contributed by atoms with Gasteiger partial charge in [0, 0.05) is 22.3 Å². The van der Waals surface area contributed by atoms with Gasteiger partial charge in [0.25, 0.3) is 0 Å². The monoisotopic (exact) mass is 498 g/mol. The highest BCUT2D eigenvalue weighted by Gasteiger charge is 2.25. The lowest BCUT2D eigenvalue weighted by molar-refractivity contribution is -0.301. The predicted octanol–water partition coefficient (Wildman–Crippen LogP) is 5.10. The van der Waals surface area contributed by atoms with Crippen LogP contribution in [0.5, 0.6) is 0 Å². The first-order chi connectivity index (χ1) is 16.5. The first kappa shape index (κ1) is 28.5. The van der Waals surface area contributed by atoms with Gasteiger partial charge in [-0.05, 0) is 79.7 Å². The molecule has 0 bridgehead atoms. The molecular weight excluding hydrogens is 468 g/mol. The number of hydrogen-bond donors (Lipinski definition) is 0. The van der Waals surface area contributed by atoms with Gasteiger partial charge in [0.05, 0.1) is 11.1 Å². The molecule has 2 aromatic carbocycles. The van der Waals surface area contributed by atoms with E-state index in [2.05, 4.69) is 0 Å². The van der Waals surface area contributed by atoms with Crippen LogP contribution < -0.4 is 0 Å². The third kappa shape index (κ3) is 7.66. The van der Waals surface area contributed by atoms with Crippen LogP contribution in [-0.4, -0.2) is 40.5 Å². The molecule has 0 aliphatic rings. The normalized spacial score (nSPS) is 11.6. The molecule has 2 rings (SSSR count). The minimum Gasteiger partial charge on any atom is -0.294 e. The second-order valence-electron chi connectivity index (χ2n) is 10.1. The Labute approximate surface area is 209 Å². The molecule has 192 valence electrons. The average Bonchev–Trinajstić information content (AvgIpc) is 2.78. The molecule has 9 nitrogen and oxygen atoms in total. The molecule has 0 aromatic heterocycles. The summed E-state index contributed by atoms with van der Waals surface area (Å²) >= 11 is 0. The predicted molar refractivity (Wildman–Crippen MR) is 129 cm³/mol. The van der Waals surface area contributed by atoms with E-state index in [1.807, 2.05) is 0 Å². The number of rotatable bonds is 8. The molecule has 0 atom stereocenters. The Hall–Kier alpha value is -3.69. The zero-order valence-electron chi connectivity index (χ0n) is 21.6. The fourth-order valence-corrected chi connectivity index (χ4v) is 2.90. The van der Waals surface area contributed by atoms with Crippen molar-refractivity contribution in [1.29, 1.82) is 0 Å².